The predicted molar refractivity (Wildman–Crippen MR) is 89.2 cm³/mol. The van der Waals surface area contributed by atoms with Gasteiger partial charge in [-0.3, -0.25) is 9.59 Å². The van der Waals surface area contributed by atoms with E-state index in [1.54, 1.807) is 43.4 Å². The van der Waals surface area contributed by atoms with Gasteiger partial charge in [0.25, 0.3) is 11.5 Å². The van der Waals surface area contributed by atoms with Gasteiger partial charge in [0.1, 0.15) is 5.82 Å². The summed E-state index contributed by atoms with van der Waals surface area (Å²) in [6, 6.07) is 12.9. The number of aromatic nitrogens is 2. The number of nitrogens with zero attached hydrogens (tertiary/aromatic N) is 3. The summed E-state index contributed by atoms with van der Waals surface area (Å²) >= 11 is 0. The first-order valence-corrected chi connectivity index (χ1v) is 7.43. The second-order valence-electron chi connectivity index (χ2n) is 5.61. The van der Waals surface area contributed by atoms with E-state index >= 15 is 0 Å². The molecule has 0 fully saturated rings. The molecule has 0 radical (unpaired) electrons. The third kappa shape index (κ3) is 2.90. The number of carbonyl (C=O) groups excluding carboxylic acids is 1. The lowest BCUT2D eigenvalue weighted by Gasteiger charge is -2.18. The highest BCUT2D eigenvalue weighted by atomic mass is 19.1. The van der Waals surface area contributed by atoms with Crippen molar-refractivity contribution in [1.82, 2.24) is 14.7 Å². The lowest BCUT2D eigenvalue weighted by atomic mass is 10.1. The molecule has 1 amide bonds. The Bertz CT molecular complexity index is 964. The largest absolute Gasteiger partial charge is 0.336 e. The van der Waals surface area contributed by atoms with E-state index < -0.39 is 0 Å². The Hall–Kier alpha value is -3.02. The number of carbonyl (C=O) groups is 1. The van der Waals surface area contributed by atoms with E-state index in [9.17, 15) is 14.0 Å². The molecule has 0 spiro atoms. The predicted octanol–water partition coefficient (Wildman–Crippen LogP) is 2.34. The van der Waals surface area contributed by atoms with Gasteiger partial charge in [-0.05, 0) is 23.8 Å². The molecule has 3 rings (SSSR count). The average Bonchev–Trinajstić information content (AvgIpc) is 2.59. The van der Waals surface area contributed by atoms with Gasteiger partial charge in [0.05, 0.1) is 5.39 Å². The Morgan fingerprint density at radius 2 is 1.75 bits per heavy atom. The molecule has 0 N–H and O–H groups in total. The van der Waals surface area contributed by atoms with Crippen molar-refractivity contribution < 1.29 is 9.18 Å². The summed E-state index contributed by atoms with van der Waals surface area (Å²) < 4.78 is 14.1. The first-order chi connectivity index (χ1) is 11.5. The molecule has 0 saturated heterocycles. The summed E-state index contributed by atoms with van der Waals surface area (Å²) in [5.74, 6) is -0.621. The van der Waals surface area contributed by atoms with Crippen LogP contribution in [0, 0.1) is 5.82 Å². The topological polar surface area (TPSA) is 55.2 Å². The normalized spacial score (nSPS) is 10.8. The monoisotopic (exact) mass is 325 g/mol. The van der Waals surface area contributed by atoms with Crippen molar-refractivity contribution in [2.24, 2.45) is 7.05 Å². The lowest BCUT2D eigenvalue weighted by molar-refractivity contribution is 0.0779. The summed E-state index contributed by atoms with van der Waals surface area (Å²) in [5, 5.41) is 5.11. The quantitative estimate of drug-likeness (QED) is 0.743. The highest BCUT2D eigenvalue weighted by molar-refractivity contribution is 6.04. The number of halogens is 1. The molecule has 0 bridgehead atoms. The molecule has 6 heteroatoms. The van der Waals surface area contributed by atoms with Crippen LogP contribution in [0.5, 0.6) is 0 Å². The van der Waals surface area contributed by atoms with Gasteiger partial charge >= 0.3 is 0 Å². The van der Waals surface area contributed by atoms with Crippen LogP contribution in [-0.2, 0) is 13.6 Å². The minimum atomic E-state index is -0.321. The van der Waals surface area contributed by atoms with Crippen LogP contribution in [0.3, 0.4) is 0 Å². The van der Waals surface area contributed by atoms with Gasteiger partial charge in [0.15, 0.2) is 5.69 Å². The molecule has 3 aromatic rings. The Labute approximate surface area is 137 Å². The summed E-state index contributed by atoms with van der Waals surface area (Å²) in [7, 11) is 3.17. The third-order valence-electron chi connectivity index (χ3n) is 3.84. The van der Waals surface area contributed by atoms with E-state index in [1.807, 2.05) is 0 Å². The van der Waals surface area contributed by atoms with Gasteiger partial charge < -0.3 is 4.90 Å². The van der Waals surface area contributed by atoms with Crippen molar-refractivity contribution in [3.63, 3.8) is 0 Å². The summed E-state index contributed by atoms with van der Waals surface area (Å²) in [6.45, 7) is 0.317. The maximum absolute atomic E-state index is 13.0. The SMILES string of the molecule is CN(Cc1ccc(F)cc1)C(=O)c1nn(C)c(=O)c2ccccc12. The fourth-order valence-corrected chi connectivity index (χ4v) is 2.57. The Balaban J connectivity index is 1.97. The molecule has 0 atom stereocenters. The van der Waals surface area contributed by atoms with E-state index in [4.69, 9.17) is 0 Å². The van der Waals surface area contributed by atoms with Crippen molar-refractivity contribution in [2.45, 2.75) is 6.54 Å². The van der Waals surface area contributed by atoms with Crippen LogP contribution in [0.1, 0.15) is 16.1 Å². The van der Waals surface area contributed by atoms with Gasteiger partial charge in [-0.2, -0.15) is 5.10 Å². The number of benzene rings is 2. The third-order valence-corrected chi connectivity index (χ3v) is 3.84. The molecular formula is C18H16FN3O2. The minimum absolute atomic E-state index is 0.220. The Morgan fingerprint density at radius 1 is 1.12 bits per heavy atom. The minimum Gasteiger partial charge on any atom is -0.336 e. The van der Waals surface area contributed by atoms with Crippen molar-refractivity contribution in [3.05, 3.63) is 76.0 Å². The highest BCUT2D eigenvalue weighted by Gasteiger charge is 2.19. The van der Waals surface area contributed by atoms with Gasteiger partial charge in [-0.1, -0.05) is 30.3 Å². The fraction of sp³-hybridized carbons (Fsp3) is 0.167. The fourth-order valence-electron chi connectivity index (χ4n) is 2.57. The van der Waals surface area contributed by atoms with Crippen LogP contribution in [0.15, 0.2) is 53.3 Å². The van der Waals surface area contributed by atoms with E-state index in [-0.39, 0.29) is 23.0 Å². The van der Waals surface area contributed by atoms with Crippen LogP contribution < -0.4 is 5.56 Å². The molecule has 0 unspecified atom stereocenters. The molecule has 1 heterocycles. The zero-order valence-corrected chi connectivity index (χ0v) is 13.4. The molecule has 24 heavy (non-hydrogen) atoms. The van der Waals surface area contributed by atoms with Crippen molar-refractivity contribution >= 4 is 16.7 Å². The first kappa shape index (κ1) is 15.9. The Morgan fingerprint density at radius 3 is 2.42 bits per heavy atom. The van der Waals surface area contributed by atoms with Crippen LogP contribution in [0.4, 0.5) is 4.39 Å². The summed E-state index contributed by atoms with van der Waals surface area (Å²) in [4.78, 5) is 26.4. The molecule has 5 nitrogen and oxygen atoms in total. The molecular weight excluding hydrogens is 309 g/mol. The van der Waals surface area contributed by atoms with Gasteiger partial charge in [0, 0.05) is 26.0 Å². The van der Waals surface area contributed by atoms with E-state index in [2.05, 4.69) is 5.10 Å². The van der Waals surface area contributed by atoms with Gasteiger partial charge in [-0.15, -0.1) is 0 Å². The molecule has 0 saturated carbocycles. The number of rotatable bonds is 3. The molecule has 0 aliphatic carbocycles. The number of aryl methyl sites for hydroxylation is 1. The number of fused-ring (bicyclic) bond motifs is 1. The van der Waals surface area contributed by atoms with Gasteiger partial charge in [0.2, 0.25) is 0 Å². The van der Waals surface area contributed by atoms with Crippen LogP contribution >= 0.6 is 0 Å². The van der Waals surface area contributed by atoms with Crippen LogP contribution in [-0.4, -0.2) is 27.6 Å². The molecule has 0 aliphatic rings. The molecule has 2 aromatic carbocycles. The first-order valence-electron chi connectivity index (χ1n) is 7.43. The molecule has 1 aromatic heterocycles. The smallest absolute Gasteiger partial charge is 0.274 e. The van der Waals surface area contributed by atoms with Crippen molar-refractivity contribution in [3.8, 4) is 0 Å². The number of hydrogen-bond acceptors (Lipinski definition) is 3. The van der Waals surface area contributed by atoms with Crippen LogP contribution in [0.25, 0.3) is 10.8 Å². The second kappa shape index (κ2) is 6.23. The maximum Gasteiger partial charge on any atom is 0.274 e. The summed E-state index contributed by atoms with van der Waals surface area (Å²) in [6.07, 6.45) is 0. The molecule has 0 aliphatic heterocycles. The van der Waals surface area contributed by atoms with Crippen molar-refractivity contribution in [1.29, 1.82) is 0 Å². The average molecular weight is 325 g/mol. The number of hydrogen-bond donors (Lipinski definition) is 0. The number of amides is 1. The highest BCUT2D eigenvalue weighted by Crippen LogP contribution is 2.16. The Kier molecular flexibility index (Phi) is 4.12. The van der Waals surface area contributed by atoms with Crippen LogP contribution in [0.2, 0.25) is 0 Å². The molecule has 122 valence electrons. The standard InChI is InChI=1S/C18H16FN3O2/c1-21(11-12-7-9-13(19)10-8-12)18(24)16-14-5-3-4-6-15(14)17(23)22(2)20-16/h3-10H,11H2,1-2H3. The van der Waals surface area contributed by atoms with E-state index in [1.165, 1.54) is 28.8 Å². The van der Waals surface area contributed by atoms with E-state index in [0.717, 1.165) is 5.56 Å². The summed E-state index contributed by atoms with van der Waals surface area (Å²) in [5.41, 5.74) is 0.780. The zero-order valence-electron chi connectivity index (χ0n) is 13.4. The lowest BCUT2D eigenvalue weighted by Crippen LogP contribution is -2.30. The van der Waals surface area contributed by atoms with Crippen molar-refractivity contribution in [2.75, 3.05) is 7.05 Å². The second-order valence-corrected chi connectivity index (χ2v) is 5.61. The maximum atomic E-state index is 13.0. The van der Waals surface area contributed by atoms with E-state index in [0.29, 0.717) is 17.3 Å². The van der Waals surface area contributed by atoms with Gasteiger partial charge in [-0.25, -0.2) is 9.07 Å². The zero-order chi connectivity index (χ0) is 17.3.